The van der Waals surface area contributed by atoms with Gasteiger partial charge in [0.2, 0.25) is 5.91 Å². The van der Waals surface area contributed by atoms with E-state index in [1.807, 2.05) is 0 Å². The van der Waals surface area contributed by atoms with E-state index in [9.17, 15) is 9.59 Å². The Morgan fingerprint density at radius 2 is 2.16 bits per heavy atom. The lowest BCUT2D eigenvalue weighted by Gasteiger charge is -2.32. The molecule has 0 aromatic carbocycles. The highest BCUT2D eigenvalue weighted by Crippen LogP contribution is 2.16. The van der Waals surface area contributed by atoms with Crippen molar-refractivity contribution < 1.29 is 14.3 Å². The number of nitrogens with one attached hydrogen (secondary N) is 1. The third-order valence-electron chi connectivity index (χ3n) is 3.44. The minimum absolute atomic E-state index is 0.0105. The van der Waals surface area contributed by atoms with Gasteiger partial charge in [-0.1, -0.05) is 11.8 Å². The van der Waals surface area contributed by atoms with Crippen LogP contribution in [0.15, 0.2) is 0 Å². The van der Waals surface area contributed by atoms with Gasteiger partial charge >= 0.3 is 0 Å². The van der Waals surface area contributed by atoms with Crippen molar-refractivity contribution in [1.29, 1.82) is 0 Å². The highest BCUT2D eigenvalue weighted by atomic mass is 32.2. The third-order valence-corrected chi connectivity index (χ3v) is 4.33. The second-order valence-electron chi connectivity index (χ2n) is 4.84. The van der Waals surface area contributed by atoms with E-state index in [1.54, 1.807) is 4.90 Å². The van der Waals surface area contributed by atoms with Crippen molar-refractivity contribution in [2.24, 2.45) is 0 Å². The van der Waals surface area contributed by atoms with Gasteiger partial charge in [0.25, 0.3) is 5.24 Å². The van der Waals surface area contributed by atoms with E-state index in [1.165, 1.54) is 11.8 Å². The van der Waals surface area contributed by atoms with Gasteiger partial charge in [0, 0.05) is 38.0 Å². The van der Waals surface area contributed by atoms with Crippen molar-refractivity contribution in [2.45, 2.75) is 13.0 Å². The minimum atomic E-state index is -0.0732. The molecule has 0 aromatic rings. The molecule has 1 N–H and O–H groups in total. The first-order valence-corrected chi connectivity index (χ1v) is 7.65. The number of carbonyl (C=O) groups is 2. The van der Waals surface area contributed by atoms with E-state index in [0.29, 0.717) is 19.1 Å². The predicted molar refractivity (Wildman–Crippen MR) is 74.3 cm³/mol. The fraction of sp³-hybridized carbons (Fsp3) is 0.833. The molecule has 6 nitrogen and oxygen atoms in total. The summed E-state index contributed by atoms with van der Waals surface area (Å²) in [5.41, 5.74) is 0. The lowest BCUT2D eigenvalue weighted by Crippen LogP contribution is -2.48. The van der Waals surface area contributed by atoms with Gasteiger partial charge in [-0.25, -0.2) is 0 Å². The van der Waals surface area contributed by atoms with Crippen molar-refractivity contribution in [2.75, 3.05) is 51.7 Å². The predicted octanol–water partition coefficient (Wildman–Crippen LogP) is -0.00790. The number of carbonyl (C=O) groups excluding carboxylic acids is 2. The lowest BCUT2D eigenvalue weighted by atomic mass is 10.2. The Kier molecular flexibility index (Phi) is 5.47. The standard InChI is InChI=1S/C12H21N3O3S/c1-10(14-2-5-18-6-3-14)8-13-11(16)9-15-4-7-19-12(15)17/h10H,2-9H2,1H3,(H,13,16). The summed E-state index contributed by atoms with van der Waals surface area (Å²) in [7, 11) is 0. The van der Waals surface area contributed by atoms with Crippen molar-refractivity contribution in [3.05, 3.63) is 0 Å². The van der Waals surface area contributed by atoms with Crippen LogP contribution < -0.4 is 5.32 Å². The zero-order valence-electron chi connectivity index (χ0n) is 11.3. The maximum absolute atomic E-state index is 11.8. The maximum Gasteiger partial charge on any atom is 0.282 e. The Bertz CT molecular complexity index is 334. The Morgan fingerprint density at radius 3 is 2.79 bits per heavy atom. The molecule has 0 saturated carbocycles. The molecule has 0 spiro atoms. The summed E-state index contributed by atoms with van der Waals surface area (Å²) in [6, 6.07) is 0.302. The van der Waals surface area contributed by atoms with E-state index in [0.717, 1.165) is 32.1 Å². The Labute approximate surface area is 117 Å². The summed E-state index contributed by atoms with van der Waals surface area (Å²) in [6.45, 7) is 6.93. The van der Waals surface area contributed by atoms with E-state index >= 15 is 0 Å². The molecule has 2 heterocycles. The van der Waals surface area contributed by atoms with Gasteiger partial charge in [-0.15, -0.1) is 0 Å². The number of thioether (sulfide) groups is 1. The van der Waals surface area contributed by atoms with Crippen LogP contribution in [0.5, 0.6) is 0 Å². The Balaban J connectivity index is 1.66. The molecule has 1 atom stereocenters. The third kappa shape index (κ3) is 4.36. The van der Waals surface area contributed by atoms with Crippen molar-refractivity contribution in [1.82, 2.24) is 15.1 Å². The van der Waals surface area contributed by atoms with Crippen LogP contribution in [0.3, 0.4) is 0 Å². The van der Waals surface area contributed by atoms with Crippen molar-refractivity contribution >= 4 is 22.9 Å². The monoisotopic (exact) mass is 287 g/mol. The van der Waals surface area contributed by atoms with Gasteiger partial charge in [-0.05, 0) is 6.92 Å². The summed E-state index contributed by atoms with van der Waals surface area (Å²) in [5, 5.41) is 2.91. The normalized spacial score (nSPS) is 22.6. The van der Waals surface area contributed by atoms with E-state index < -0.39 is 0 Å². The summed E-state index contributed by atoms with van der Waals surface area (Å²) >= 11 is 1.28. The van der Waals surface area contributed by atoms with E-state index in [2.05, 4.69) is 17.1 Å². The second-order valence-corrected chi connectivity index (χ2v) is 5.88. The number of nitrogens with zero attached hydrogens (tertiary/aromatic N) is 2. The van der Waals surface area contributed by atoms with Crippen LogP contribution in [-0.4, -0.2) is 78.7 Å². The molecule has 0 radical (unpaired) electrons. The molecule has 2 rings (SSSR count). The highest BCUT2D eigenvalue weighted by molar-refractivity contribution is 8.13. The molecule has 2 aliphatic heterocycles. The van der Waals surface area contributed by atoms with Gasteiger partial charge in [0.15, 0.2) is 0 Å². The van der Waals surface area contributed by atoms with Crippen LogP contribution in [0.2, 0.25) is 0 Å². The number of hydrogen-bond acceptors (Lipinski definition) is 5. The summed E-state index contributed by atoms with van der Waals surface area (Å²) in [4.78, 5) is 27.1. The number of hydrogen-bond donors (Lipinski definition) is 1. The molecular formula is C12H21N3O3S. The first kappa shape index (κ1) is 14.6. The number of ether oxygens (including phenoxy) is 1. The quantitative estimate of drug-likeness (QED) is 0.771. The Morgan fingerprint density at radius 1 is 1.42 bits per heavy atom. The van der Waals surface area contributed by atoms with E-state index in [4.69, 9.17) is 4.74 Å². The van der Waals surface area contributed by atoms with Crippen LogP contribution >= 0.6 is 11.8 Å². The molecule has 19 heavy (non-hydrogen) atoms. The van der Waals surface area contributed by atoms with Crippen LogP contribution in [0.1, 0.15) is 6.92 Å². The zero-order chi connectivity index (χ0) is 13.7. The number of rotatable bonds is 5. The SMILES string of the molecule is CC(CNC(=O)CN1CCSC1=O)N1CCOCC1. The summed E-state index contributed by atoms with van der Waals surface area (Å²) in [5.74, 6) is 0.715. The number of amides is 2. The van der Waals surface area contributed by atoms with Crippen molar-refractivity contribution in [3.63, 3.8) is 0 Å². The van der Waals surface area contributed by atoms with E-state index in [-0.39, 0.29) is 17.7 Å². The summed E-state index contributed by atoms with van der Waals surface area (Å²) < 4.78 is 5.30. The molecule has 0 aromatic heterocycles. The molecule has 2 aliphatic rings. The molecular weight excluding hydrogens is 266 g/mol. The fourth-order valence-electron chi connectivity index (χ4n) is 2.21. The average Bonchev–Trinajstić information content (AvgIpc) is 2.82. The van der Waals surface area contributed by atoms with Crippen LogP contribution in [0, 0.1) is 0 Å². The smallest absolute Gasteiger partial charge is 0.282 e. The topological polar surface area (TPSA) is 61.9 Å². The molecule has 0 aliphatic carbocycles. The molecule has 7 heteroatoms. The molecule has 2 amide bonds. The fourth-order valence-corrected chi connectivity index (χ4v) is 3.03. The van der Waals surface area contributed by atoms with Gasteiger partial charge in [-0.3, -0.25) is 14.5 Å². The minimum Gasteiger partial charge on any atom is -0.379 e. The first-order chi connectivity index (χ1) is 9.16. The molecule has 2 fully saturated rings. The lowest BCUT2D eigenvalue weighted by molar-refractivity contribution is -0.121. The summed E-state index contributed by atoms with van der Waals surface area (Å²) in [6.07, 6.45) is 0. The average molecular weight is 287 g/mol. The Hall–Kier alpha value is -0.790. The van der Waals surface area contributed by atoms with Crippen LogP contribution in [0.25, 0.3) is 0 Å². The van der Waals surface area contributed by atoms with Gasteiger partial charge < -0.3 is 15.0 Å². The van der Waals surface area contributed by atoms with Crippen LogP contribution in [0.4, 0.5) is 4.79 Å². The zero-order valence-corrected chi connectivity index (χ0v) is 12.1. The molecule has 1 unspecified atom stereocenters. The van der Waals surface area contributed by atoms with Gasteiger partial charge in [-0.2, -0.15) is 0 Å². The van der Waals surface area contributed by atoms with Crippen molar-refractivity contribution in [3.8, 4) is 0 Å². The molecule has 0 bridgehead atoms. The largest absolute Gasteiger partial charge is 0.379 e. The molecule has 2 saturated heterocycles. The van der Waals surface area contributed by atoms with Gasteiger partial charge in [0.05, 0.1) is 13.2 Å². The first-order valence-electron chi connectivity index (χ1n) is 6.67. The molecule has 108 valence electrons. The number of morpholine rings is 1. The van der Waals surface area contributed by atoms with Crippen LogP contribution in [-0.2, 0) is 9.53 Å². The van der Waals surface area contributed by atoms with Gasteiger partial charge in [0.1, 0.15) is 6.54 Å². The second kappa shape index (κ2) is 7.12. The highest BCUT2D eigenvalue weighted by Gasteiger charge is 2.23. The maximum atomic E-state index is 11.8.